The smallest absolute Gasteiger partial charge is 0.377 e. The van der Waals surface area contributed by atoms with Gasteiger partial charge in [0, 0.05) is 6.54 Å². The van der Waals surface area contributed by atoms with Crippen molar-refractivity contribution in [3.05, 3.63) is 29.6 Å². The minimum absolute atomic E-state index is 0.0702. The molecule has 0 aliphatic carbocycles. The number of hydrogen-bond donors (Lipinski definition) is 0. The van der Waals surface area contributed by atoms with Gasteiger partial charge >= 0.3 is 5.97 Å². The van der Waals surface area contributed by atoms with Crippen LogP contribution in [0.3, 0.4) is 0 Å². The summed E-state index contributed by atoms with van der Waals surface area (Å²) in [7, 11) is 1.31. The van der Waals surface area contributed by atoms with Crippen LogP contribution in [-0.2, 0) is 24.2 Å². The summed E-state index contributed by atoms with van der Waals surface area (Å²) in [6.07, 6.45) is 2.41. The lowest BCUT2D eigenvalue weighted by Gasteiger charge is -2.03. The second kappa shape index (κ2) is 5.64. The highest BCUT2D eigenvalue weighted by molar-refractivity contribution is 5.84. The van der Waals surface area contributed by atoms with Crippen molar-refractivity contribution < 1.29 is 9.53 Å². The first kappa shape index (κ1) is 13.3. The average molecular weight is 263 g/mol. The van der Waals surface area contributed by atoms with E-state index >= 15 is 0 Å². The van der Waals surface area contributed by atoms with Crippen molar-refractivity contribution in [2.24, 2.45) is 0 Å². The van der Waals surface area contributed by atoms with Crippen molar-refractivity contribution in [1.29, 1.82) is 0 Å². The molecule has 102 valence electrons. The maximum absolute atomic E-state index is 11.3. The van der Waals surface area contributed by atoms with E-state index in [1.54, 1.807) is 4.68 Å². The number of methoxy groups -OCH3 is 1. The van der Waals surface area contributed by atoms with Crippen LogP contribution in [0.25, 0.3) is 0 Å². The predicted octanol–water partition coefficient (Wildman–Crippen LogP) is 0.892. The van der Waals surface area contributed by atoms with Gasteiger partial charge in [0.05, 0.1) is 25.0 Å². The van der Waals surface area contributed by atoms with Crippen LogP contribution in [0.15, 0.2) is 12.4 Å². The van der Waals surface area contributed by atoms with Gasteiger partial charge in [-0.1, -0.05) is 6.92 Å². The topological polar surface area (TPSA) is 74.8 Å². The number of carbonyl (C=O) groups excluding carboxylic acids is 1. The molecule has 0 aromatic carbocycles. The number of aryl methyl sites for hydroxylation is 2. The summed E-state index contributed by atoms with van der Waals surface area (Å²) < 4.78 is 8.11. The monoisotopic (exact) mass is 263 g/mol. The normalized spacial score (nSPS) is 10.7. The summed E-state index contributed by atoms with van der Waals surface area (Å²) in [4.78, 5) is 15.2. The van der Waals surface area contributed by atoms with Crippen molar-refractivity contribution >= 4 is 5.97 Å². The Morgan fingerprint density at radius 2 is 2.16 bits per heavy atom. The summed E-state index contributed by atoms with van der Waals surface area (Å²) in [6.45, 7) is 5.44. The number of nitrogens with zero attached hydrogens (tertiary/aromatic N) is 5. The van der Waals surface area contributed by atoms with Crippen LogP contribution in [-0.4, -0.2) is 37.6 Å². The molecule has 0 amide bonds. The number of aromatic nitrogens is 5. The molecule has 19 heavy (non-hydrogen) atoms. The zero-order valence-corrected chi connectivity index (χ0v) is 11.3. The van der Waals surface area contributed by atoms with Crippen LogP contribution in [0, 0.1) is 0 Å². The molecule has 0 aliphatic rings. The highest BCUT2D eigenvalue weighted by atomic mass is 16.5. The molecule has 2 aromatic rings. The van der Waals surface area contributed by atoms with Gasteiger partial charge in [0.1, 0.15) is 6.33 Å². The molecule has 7 heteroatoms. The minimum Gasteiger partial charge on any atom is -0.463 e. The fraction of sp³-hybridized carbons (Fsp3) is 0.500. The van der Waals surface area contributed by atoms with Gasteiger partial charge in [-0.15, -0.1) is 5.10 Å². The fourth-order valence-electron chi connectivity index (χ4n) is 1.81. The fourth-order valence-corrected chi connectivity index (χ4v) is 1.81. The number of hydrogen-bond acceptors (Lipinski definition) is 5. The molecule has 2 heterocycles. The number of rotatable bonds is 5. The van der Waals surface area contributed by atoms with E-state index in [4.69, 9.17) is 0 Å². The van der Waals surface area contributed by atoms with E-state index in [2.05, 4.69) is 26.8 Å². The van der Waals surface area contributed by atoms with Crippen LogP contribution in [0.2, 0.25) is 0 Å². The molecule has 0 spiro atoms. The van der Waals surface area contributed by atoms with Crippen molar-refractivity contribution in [3.63, 3.8) is 0 Å². The van der Waals surface area contributed by atoms with Crippen LogP contribution < -0.4 is 0 Å². The Hall–Kier alpha value is -2.18. The van der Waals surface area contributed by atoms with Crippen LogP contribution in [0.4, 0.5) is 0 Å². The van der Waals surface area contributed by atoms with Crippen molar-refractivity contribution in [3.8, 4) is 0 Å². The molecule has 0 radical (unpaired) electrons. The molecule has 0 fully saturated rings. The number of esters is 1. The molecule has 0 bridgehead atoms. The Kier molecular flexibility index (Phi) is 3.94. The van der Waals surface area contributed by atoms with Gasteiger partial charge in [-0.25, -0.2) is 14.5 Å². The van der Waals surface area contributed by atoms with Crippen LogP contribution >= 0.6 is 0 Å². The average Bonchev–Trinajstić information content (AvgIpc) is 3.05. The number of ether oxygens (including phenoxy) is 1. The Labute approximate surface area is 111 Å². The standard InChI is InChI=1S/C12H17N5O2/c1-4-9-6-10(17(5-2)14-9)7-16-8-13-11(15-16)12(18)19-3/h6,8H,4-5,7H2,1-3H3. The second-order valence-electron chi connectivity index (χ2n) is 4.05. The maximum Gasteiger partial charge on any atom is 0.377 e. The zero-order valence-electron chi connectivity index (χ0n) is 11.3. The van der Waals surface area contributed by atoms with E-state index in [1.807, 2.05) is 17.7 Å². The molecule has 0 saturated heterocycles. The van der Waals surface area contributed by atoms with Gasteiger partial charge in [0.15, 0.2) is 0 Å². The Bertz CT molecular complexity index is 572. The Morgan fingerprint density at radius 1 is 1.37 bits per heavy atom. The molecule has 0 unspecified atom stereocenters. The molecule has 2 aromatic heterocycles. The quantitative estimate of drug-likeness (QED) is 0.749. The summed E-state index contributed by atoms with van der Waals surface area (Å²) in [5, 5.41) is 8.54. The Balaban J connectivity index is 2.18. The third kappa shape index (κ3) is 2.81. The van der Waals surface area contributed by atoms with Crippen LogP contribution in [0.5, 0.6) is 0 Å². The molecule has 0 aliphatic heterocycles. The van der Waals surface area contributed by atoms with E-state index in [0.29, 0.717) is 6.54 Å². The van der Waals surface area contributed by atoms with Crippen molar-refractivity contribution in [1.82, 2.24) is 24.5 Å². The lowest BCUT2D eigenvalue weighted by molar-refractivity contribution is 0.0586. The molecule has 0 saturated carbocycles. The van der Waals surface area contributed by atoms with Gasteiger partial charge < -0.3 is 4.74 Å². The first-order valence-corrected chi connectivity index (χ1v) is 6.21. The minimum atomic E-state index is -0.531. The first-order valence-electron chi connectivity index (χ1n) is 6.21. The molecule has 0 N–H and O–H groups in total. The van der Waals surface area contributed by atoms with E-state index < -0.39 is 5.97 Å². The lowest BCUT2D eigenvalue weighted by Crippen LogP contribution is -2.10. The first-order chi connectivity index (χ1) is 9.17. The van der Waals surface area contributed by atoms with Gasteiger partial charge in [0.2, 0.25) is 0 Å². The number of carbonyl (C=O) groups is 1. The van der Waals surface area contributed by atoms with Gasteiger partial charge in [-0.3, -0.25) is 4.68 Å². The van der Waals surface area contributed by atoms with Gasteiger partial charge in [-0.2, -0.15) is 5.10 Å². The molecule has 7 nitrogen and oxygen atoms in total. The lowest BCUT2D eigenvalue weighted by atomic mass is 10.3. The largest absolute Gasteiger partial charge is 0.463 e. The molecule has 0 atom stereocenters. The van der Waals surface area contributed by atoms with Gasteiger partial charge in [0.25, 0.3) is 5.82 Å². The SMILES string of the molecule is CCc1cc(Cn2cnc(C(=O)OC)n2)n(CC)n1. The third-order valence-corrected chi connectivity index (χ3v) is 2.80. The second-order valence-corrected chi connectivity index (χ2v) is 4.05. The summed E-state index contributed by atoms with van der Waals surface area (Å²) >= 11 is 0. The van der Waals surface area contributed by atoms with Crippen molar-refractivity contribution in [2.45, 2.75) is 33.4 Å². The van der Waals surface area contributed by atoms with E-state index in [0.717, 1.165) is 24.4 Å². The third-order valence-electron chi connectivity index (χ3n) is 2.80. The summed E-state index contributed by atoms with van der Waals surface area (Å²) in [5.74, 6) is -0.460. The molecular weight excluding hydrogens is 246 g/mol. The zero-order chi connectivity index (χ0) is 13.8. The molecular formula is C12H17N5O2. The van der Waals surface area contributed by atoms with Crippen molar-refractivity contribution in [2.75, 3.05) is 7.11 Å². The van der Waals surface area contributed by atoms with E-state index in [9.17, 15) is 4.79 Å². The van der Waals surface area contributed by atoms with E-state index in [1.165, 1.54) is 13.4 Å². The van der Waals surface area contributed by atoms with Crippen LogP contribution in [0.1, 0.15) is 35.9 Å². The van der Waals surface area contributed by atoms with E-state index in [-0.39, 0.29) is 5.82 Å². The van der Waals surface area contributed by atoms with Gasteiger partial charge in [-0.05, 0) is 19.4 Å². The highest BCUT2D eigenvalue weighted by Crippen LogP contribution is 2.07. The Morgan fingerprint density at radius 3 is 2.79 bits per heavy atom. The maximum atomic E-state index is 11.3. The molecule has 2 rings (SSSR count). The summed E-state index contributed by atoms with van der Waals surface area (Å²) in [6, 6.07) is 2.04. The summed E-state index contributed by atoms with van der Waals surface area (Å²) in [5.41, 5.74) is 2.09. The highest BCUT2D eigenvalue weighted by Gasteiger charge is 2.12. The predicted molar refractivity (Wildman–Crippen MR) is 67.7 cm³/mol.